The van der Waals surface area contributed by atoms with Gasteiger partial charge in [0.2, 0.25) is 0 Å². The number of nitrogens with one attached hydrogen (secondary N) is 1. The molecule has 0 aliphatic heterocycles. The van der Waals surface area contributed by atoms with E-state index in [4.69, 9.17) is 9.47 Å². The normalized spacial score (nSPS) is 11.6. The summed E-state index contributed by atoms with van der Waals surface area (Å²) in [5.41, 5.74) is 1.19. The van der Waals surface area contributed by atoms with Crippen LogP contribution in [0.1, 0.15) is 28.4 Å². The van der Waals surface area contributed by atoms with E-state index in [1.165, 1.54) is 0 Å². The highest BCUT2D eigenvalue weighted by Gasteiger charge is 2.19. The lowest BCUT2D eigenvalue weighted by molar-refractivity contribution is -0.137. The number of aliphatic carboxylic acids is 1. The molecule has 0 bridgehead atoms. The number of rotatable bonds is 10. The van der Waals surface area contributed by atoms with E-state index in [1.54, 1.807) is 43.1 Å². The highest BCUT2D eigenvalue weighted by atomic mass is 32.2. The van der Waals surface area contributed by atoms with Crippen molar-refractivity contribution in [2.24, 2.45) is 0 Å². The Morgan fingerprint density at radius 1 is 1.07 bits per heavy atom. The number of amides is 1. The van der Waals surface area contributed by atoms with Crippen LogP contribution in [0.15, 0.2) is 53.4 Å². The van der Waals surface area contributed by atoms with Gasteiger partial charge in [-0.25, -0.2) is 0 Å². The highest BCUT2D eigenvalue weighted by Crippen LogP contribution is 2.22. The average molecular weight is 389 g/mol. The molecular weight excluding hydrogens is 366 g/mol. The first kappa shape index (κ1) is 20.8. The number of carbonyl (C=O) groups is 2. The summed E-state index contributed by atoms with van der Waals surface area (Å²) in [4.78, 5) is 24.8. The number of hydrogen-bond donors (Lipinski definition) is 2. The fourth-order valence-electron chi connectivity index (χ4n) is 2.45. The first-order chi connectivity index (χ1) is 13.0. The molecule has 0 saturated carbocycles. The van der Waals surface area contributed by atoms with Crippen LogP contribution in [0.5, 0.6) is 5.75 Å². The zero-order chi connectivity index (χ0) is 19.6. The molecule has 2 N–H and O–H groups in total. The SMILES string of the molecule is COCCOc1ccc(C(=O)NC(CC(=O)O)c2ccc(SC)cc2)cc1. The maximum atomic E-state index is 12.5. The Balaban J connectivity index is 2.07. The molecule has 1 atom stereocenters. The largest absolute Gasteiger partial charge is 0.491 e. The second-order valence-corrected chi connectivity index (χ2v) is 6.64. The van der Waals surface area contributed by atoms with E-state index in [-0.39, 0.29) is 12.3 Å². The lowest BCUT2D eigenvalue weighted by Crippen LogP contribution is -2.30. The van der Waals surface area contributed by atoms with Gasteiger partial charge in [0, 0.05) is 17.6 Å². The summed E-state index contributed by atoms with van der Waals surface area (Å²) in [6.07, 6.45) is 1.77. The van der Waals surface area contributed by atoms with E-state index >= 15 is 0 Å². The van der Waals surface area contributed by atoms with E-state index < -0.39 is 12.0 Å². The monoisotopic (exact) mass is 389 g/mol. The standard InChI is InChI=1S/C20H23NO5S/c1-25-11-12-26-16-7-3-15(4-8-16)20(24)21-18(13-19(22)23)14-5-9-17(27-2)10-6-14/h3-10,18H,11-13H2,1-2H3,(H,21,24)(H,22,23). The molecule has 2 aromatic rings. The molecule has 2 rings (SSSR count). The number of benzene rings is 2. The van der Waals surface area contributed by atoms with Gasteiger partial charge in [0.15, 0.2) is 0 Å². The second-order valence-electron chi connectivity index (χ2n) is 5.76. The van der Waals surface area contributed by atoms with Crippen molar-refractivity contribution in [2.45, 2.75) is 17.4 Å². The first-order valence-corrected chi connectivity index (χ1v) is 9.64. The van der Waals surface area contributed by atoms with Crippen molar-refractivity contribution >= 4 is 23.6 Å². The van der Waals surface area contributed by atoms with Gasteiger partial charge in [0.1, 0.15) is 12.4 Å². The summed E-state index contributed by atoms with van der Waals surface area (Å²) in [5.74, 6) is -0.673. The fourth-order valence-corrected chi connectivity index (χ4v) is 2.86. The number of ether oxygens (including phenoxy) is 2. The quantitative estimate of drug-likeness (QED) is 0.479. The third-order valence-corrected chi connectivity index (χ3v) is 4.62. The third-order valence-electron chi connectivity index (χ3n) is 3.87. The number of hydrogen-bond acceptors (Lipinski definition) is 5. The van der Waals surface area contributed by atoms with Crippen molar-refractivity contribution < 1.29 is 24.2 Å². The van der Waals surface area contributed by atoms with Crippen LogP contribution in [0, 0.1) is 0 Å². The molecular formula is C20H23NO5S. The first-order valence-electron chi connectivity index (χ1n) is 8.42. The van der Waals surface area contributed by atoms with Gasteiger partial charge in [-0.15, -0.1) is 11.8 Å². The van der Waals surface area contributed by atoms with Gasteiger partial charge in [-0.2, -0.15) is 0 Å². The van der Waals surface area contributed by atoms with Crippen LogP contribution in [-0.2, 0) is 9.53 Å². The number of methoxy groups -OCH3 is 1. The van der Waals surface area contributed by atoms with Crippen molar-refractivity contribution in [3.63, 3.8) is 0 Å². The highest BCUT2D eigenvalue weighted by molar-refractivity contribution is 7.98. The Morgan fingerprint density at radius 3 is 2.30 bits per heavy atom. The summed E-state index contributed by atoms with van der Waals surface area (Å²) in [6, 6.07) is 13.6. The number of carboxylic acid groups (broad SMARTS) is 1. The van der Waals surface area contributed by atoms with Crippen LogP contribution in [0.25, 0.3) is 0 Å². The Bertz CT molecular complexity index is 746. The zero-order valence-corrected chi connectivity index (χ0v) is 16.1. The van der Waals surface area contributed by atoms with Crippen LogP contribution in [0.2, 0.25) is 0 Å². The molecule has 6 nitrogen and oxygen atoms in total. The van der Waals surface area contributed by atoms with Crippen molar-refractivity contribution in [1.82, 2.24) is 5.32 Å². The maximum absolute atomic E-state index is 12.5. The smallest absolute Gasteiger partial charge is 0.305 e. The predicted molar refractivity (Wildman–Crippen MR) is 104 cm³/mol. The summed E-state index contributed by atoms with van der Waals surface area (Å²) in [7, 11) is 1.60. The molecule has 0 aliphatic rings. The number of carboxylic acids is 1. The summed E-state index contributed by atoms with van der Waals surface area (Å²) >= 11 is 1.60. The van der Waals surface area contributed by atoms with Gasteiger partial charge >= 0.3 is 5.97 Å². The lowest BCUT2D eigenvalue weighted by Gasteiger charge is -2.18. The minimum atomic E-state index is -0.976. The molecule has 0 aromatic heterocycles. The molecule has 0 heterocycles. The van der Waals surface area contributed by atoms with Gasteiger partial charge < -0.3 is 19.9 Å². The number of thioether (sulfide) groups is 1. The maximum Gasteiger partial charge on any atom is 0.305 e. The van der Waals surface area contributed by atoms with Crippen molar-refractivity contribution in [1.29, 1.82) is 0 Å². The van der Waals surface area contributed by atoms with E-state index in [1.807, 2.05) is 30.5 Å². The van der Waals surface area contributed by atoms with Crippen molar-refractivity contribution in [3.05, 3.63) is 59.7 Å². The molecule has 2 aromatic carbocycles. The zero-order valence-electron chi connectivity index (χ0n) is 15.3. The van der Waals surface area contributed by atoms with Gasteiger partial charge in [-0.1, -0.05) is 12.1 Å². The Hall–Kier alpha value is -2.51. The van der Waals surface area contributed by atoms with Crippen molar-refractivity contribution in [2.75, 3.05) is 26.6 Å². The molecule has 0 radical (unpaired) electrons. The molecule has 0 spiro atoms. The van der Waals surface area contributed by atoms with Gasteiger partial charge in [0.25, 0.3) is 5.91 Å². The van der Waals surface area contributed by atoms with E-state index in [2.05, 4.69) is 5.32 Å². The molecule has 0 fully saturated rings. The minimum absolute atomic E-state index is 0.192. The fraction of sp³-hybridized carbons (Fsp3) is 0.300. The molecule has 144 valence electrons. The number of carbonyl (C=O) groups excluding carboxylic acids is 1. The van der Waals surface area contributed by atoms with E-state index in [9.17, 15) is 14.7 Å². The molecule has 1 unspecified atom stereocenters. The summed E-state index contributed by atoms with van der Waals surface area (Å²) < 4.78 is 10.4. The van der Waals surface area contributed by atoms with Crippen LogP contribution >= 0.6 is 11.8 Å². The van der Waals surface area contributed by atoms with Crippen LogP contribution in [0.4, 0.5) is 0 Å². The average Bonchev–Trinajstić information content (AvgIpc) is 2.68. The topological polar surface area (TPSA) is 84.9 Å². The van der Waals surface area contributed by atoms with Gasteiger partial charge in [-0.05, 0) is 48.2 Å². The Morgan fingerprint density at radius 2 is 1.74 bits per heavy atom. The summed E-state index contributed by atoms with van der Waals surface area (Å²) in [6.45, 7) is 0.906. The van der Waals surface area contributed by atoms with Gasteiger partial charge in [-0.3, -0.25) is 9.59 Å². The Kier molecular flexibility index (Phi) is 8.16. The van der Waals surface area contributed by atoms with E-state index in [0.29, 0.717) is 24.5 Å². The molecule has 1 amide bonds. The van der Waals surface area contributed by atoms with Crippen molar-refractivity contribution in [3.8, 4) is 5.75 Å². The molecule has 27 heavy (non-hydrogen) atoms. The third kappa shape index (κ3) is 6.62. The van der Waals surface area contributed by atoms with Crippen LogP contribution < -0.4 is 10.1 Å². The minimum Gasteiger partial charge on any atom is -0.491 e. The Labute approximate surface area is 162 Å². The van der Waals surface area contributed by atoms with Crippen LogP contribution in [-0.4, -0.2) is 43.6 Å². The molecule has 0 aliphatic carbocycles. The predicted octanol–water partition coefficient (Wildman–Crippen LogP) is 3.38. The summed E-state index contributed by atoms with van der Waals surface area (Å²) in [5, 5.41) is 12.0. The lowest BCUT2D eigenvalue weighted by atomic mass is 10.0. The van der Waals surface area contributed by atoms with Crippen LogP contribution in [0.3, 0.4) is 0 Å². The molecule has 0 saturated heterocycles. The van der Waals surface area contributed by atoms with Gasteiger partial charge in [0.05, 0.1) is 19.1 Å². The molecule has 7 heteroatoms. The van der Waals surface area contributed by atoms with E-state index in [0.717, 1.165) is 10.5 Å². The second kappa shape index (κ2) is 10.6.